The Bertz CT molecular complexity index is 339. The zero-order valence-electron chi connectivity index (χ0n) is 9.75. The first-order valence-electron chi connectivity index (χ1n) is 6.13. The van der Waals surface area contributed by atoms with Crippen molar-refractivity contribution in [3.8, 4) is 0 Å². The van der Waals surface area contributed by atoms with Crippen LogP contribution in [0.5, 0.6) is 0 Å². The van der Waals surface area contributed by atoms with Gasteiger partial charge in [0.05, 0.1) is 11.7 Å². The van der Waals surface area contributed by atoms with E-state index in [-0.39, 0.29) is 17.1 Å². The van der Waals surface area contributed by atoms with E-state index >= 15 is 0 Å². The van der Waals surface area contributed by atoms with Gasteiger partial charge in [-0.25, -0.2) is 0 Å². The standard InChI is InChI=1S/C14H20O/c1-10-11-6-4-5-8-14(11)9-7-12(15-14)13(10,2)3/h7,9,11-12H,1,4-6,8H2,2-3H3/t11-,12-,14+/m0/s1. The number of hydrogen-bond acceptors (Lipinski definition) is 1. The van der Waals surface area contributed by atoms with Crippen molar-refractivity contribution < 1.29 is 4.74 Å². The third kappa shape index (κ3) is 1.08. The van der Waals surface area contributed by atoms with E-state index in [1.807, 2.05) is 0 Å². The van der Waals surface area contributed by atoms with Crippen LogP contribution in [0.25, 0.3) is 0 Å². The molecule has 1 spiro atoms. The van der Waals surface area contributed by atoms with Crippen LogP contribution in [0.15, 0.2) is 24.3 Å². The van der Waals surface area contributed by atoms with Crippen molar-refractivity contribution >= 4 is 0 Å². The summed E-state index contributed by atoms with van der Waals surface area (Å²) in [7, 11) is 0. The third-order valence-electron chi connectivity index (χ3n) is 4.76. The molecule has 3 aliphatic rings. The minimum atomic E-state index is 0.0372. The molecular weight excluding hydrogens is 184 g/mol. The van der Waals surface area contributed by atoms with Crippen molar-refractivity contribution in [2.75, 3.05) is 0 Å². The SMILES string of the molecule is C=C1[C@@H]2CCCC[C@@]23C=C[C@H](O3)C1(C)C. The van der Waals surface area contributed by atoms with E-state index in [4.69, 9.17) is 4.74 Å². The van der Waals surface area contributed by atoms with E-state index in [0.717, 1.165) is 0 Å². The van der Waals surface area contributed by atoms with Crippen molar-refractivity contribution in [1.29, 1.82) is 0 Å². The molecule has 82 valence electrons. The number of fused-ring (bicyclic) bond motifs is 1. The van der Waals surface area contributed by atoms with Gasteiger partial charge in [-0.15, -0.1) is 0 Å². The molecule has 2 fully saturated rings. The molecule has 1 aliphatic carbocycles. The highest BCUT2D eigenvalue weighted by atomic mass is 16.5. The molecule has 0 amide bonds. The Balaban J connectivity index is 2.05. The topological polar surface area (TPSA) is 9.23 Å². The summed E-state index contributed by atoms with van der Waals surface area (Å²) in [6, 6.07) is 0. The molecule has 2 heterocycles. The van der Waals surface area contributed by atoms with Gasteiger partial charge in [-0.05, 0) is 12.8 Å². The summed E-state index contributed by atoms with van der Waals surface area (Å²) in [6.45, 7) is 8.91. The summed E-state index contributed by atoms with van der Waals surface area (Å²) in [4.78, 5) is 0. The third-order valence-corrected chi connectivity index (χ3v) is 4.76. The second-order valence-electron chi connectivity index (χ2n) is 5.90. The molecule has 3 rings (SSSR count). The summed E-state index contributed by atoms with van der Waals surface area (Å²) in [6.07, 6.45) is 9.97. The molecule has 1 nitrogen and oxygen atoms in total. The van der Waals surface area contributed by atoms with Crippen LogP contribution in [0.4, 0.5) is 0 Å². The maximum Gasteiger partial charge on any atom is 0.0936 e. The van der Waals surface area contributed by atoms with Gasteiger partial charge in [0.25, 0.3) is 0 Å². The molecule has 1 saturated heterocycles. The van der Waals surface area contributed by atoms with Crippen molar-refractivity contribution in [2.24, 2.45) is 11.3 Å². The summed E-state index contributed by atoms with van der Waals surface area (Å²) >= 11 is 0. The van der Waals surface area contributed by atoms with Crippen LogP contribution in [0.2, 0.25) is 0 Å². The lowest BCUT2D eigenvalue weighted by atomic mass is 9.64. The molecule has 0 N–H and O–H groups in total. The molecule has 0 aromatic carbocycles. The first-order chi connectivity index (χ1) is 7.06. The highest BCUT2D eigenvalue weighted by Crippen LogP contribution is 2.56. The Morgan fingerprint density at radius 1 is 1.40 bits per heavy atom. The second kappa shape index (κ2) is 2.76. The lowest BCUT2D eigenvalue weighted by Gasteiger charge is -2.52. The number of hydrogen-bond donors (Lipinski definition) is 0. The van der Waals surface area contributed by atoms with Crippen LogP contribution in [0.3, 0.4) is 0 Å². The Labute approximate surface area is 92.2 Å². The Morgan fingerprint density at radius 3 is 3.00 bits per heavy atom. The molecular formula is C14H20O. The van der Waals surface area contributed by atoms with Crippen molar-refractivity contribution in [1.82, 2.24) is 0 Å². The van der Waals surface area contributed by atoms with Gasteiger partial charge < -0.3 is 4.74 Å². The predicted molar refractivity (Wildman–Crippen MR) is 61.6 cm³/mol. The van der Waals surface area contributed by atoms with Crippen LogP contribution in [0, 0.1) is 11.3 Å². The van der Waals surface area contributed by atoms with Crippen LogP contribution in [-0.4, -0.2) is 11.7 Å². The fraction of sp³-hybridized carbons (Fsp3) is 0.714. The Kier molecular flexibility index (Phi) is 1.78. The normalized spacial score (nSPS) is 46.7. The molecule has 1 saturated carbocycles. The van der Waals surface area contributed by atoms with E-state index in [0.29, 0.717) is 5.92 Å². The van der Waals surface area contributed by atoms with Gasteiger partial charge in [0, 0.05) is 11.3 Å². The Hall–Kier alpha value is -0.560. The molecule has 0 aromatic heterocycles. The number of rotatable bonds is 0. The van der Waals surface area contributed by atoms with E-state index < -0.39 is 0 Å². The van der Waals surface area contributed by atoms with E-state index in [1.165, 1.54) is 31.3 Å². The quantitative estimate of drug-likeness (QED) is 0.549. The fourth-order valence-corrected chi connectivity index (χ4v) is 3.56. The summed E-state index contributed by atoms with van der Waals surface area (Å²) in [5, 5.41) is 0. The van der Waals surface area contributed by atoms with Crippen LogP contribution in [0.1, 0.15) is 39.5 Å². The van der Waals surface area contributed by atoms with Crippen molar-refractivity contribution in [3.63, 3.8) is 0 Å². The molecule has 2 bridgehead atoms. The van der Waals surface area contributed by atoms with Crippen LogP contribution >= 0.6 is 0 Å². The molecule has 1 heteroatoms. The van der Waals surface area contributed by atoms with Gasteiger partial charge >= 0.3 is 0 Å². The molecule has 0 radical (unpaired) electrons. The molecule has 3 atom stereocenters. The summed E-state index contributed by atoms with van der Waals surface area (Å²) < 4.78 is 6.30. The maximum atomic E-state index is 6.30. The highest BCUT2D eigenvalue weighted by molar-refractivity contribution is 5.34. The van der Waals surface area contributed by atoms with Crippen LogP contribution < -0.4 is 0 Å². The molecule has 0 aromatic rings. The highest BCUT2D eigenvalue weighted by Gasteiger charge is 2.55. The van der Waals surface area contributed by atoms with Crippen molar-refractivity contribution in [3.05, 3.63) is 24.3 Å². The Morgan fingerprint density at radius 2 is 2.20 bits per heavy atom. The van der Waals surface area contributed by atoms with Gasteiger partial charge in [0.1, 0.15) is 0 Å². The van der Waals surface area contributed by atoms with Gasteiger partial charge in [0.15, 0.2) is 0 Å². The van der Waals surface area contributed by atoms with Gasteiger partial charge in [-0.3, -0.25) is 0 Å². The van der Waals surface area contributed by atoms with Crippen molar-refractivity contribution in [2.45, 2.75) is 51.2 Å². The number of ether oxygens (including phenoxy) is 1. The van der Waals surface area contributed by atoms with E-state index in [1.54, 1.807) is 0 Å². The van der Waals surface area contributed by atoms with Gasteiger partial charge in [-0.1, -0.05) is 51.0 Å². The molecule has 2 aliphatic heterocycles. The predicted octanol–water partition coefficient (Wildman–Crippen LogP) is 3.47. The van der Waals surface area contributed by atoms with E-state index in [2.05, 4.69) is 32.6 Å². The average molecular weight is 204 g/mol. The fourth-order valence-electron chi connectivity index (χ4n) is 3.56. The summed E-state index contributed by atoms with van der Waals surface area (Å²) in [5.41, 5.74) is 1.58. The van der Waals surface area contributed by atoms with Crippen LogP contribution in [-0.2, 0) is 4.74 Å². The minimum Gasteiger partial charge on any atom is -0.362 e. The first-order valence-corrected chi connectivity index (χ1v) is 6.13. The molecule has 15 heavy (non-hydrogen) atoms. The van der Waals surface area contributed by atoms with Gasteiger partial charge in [0.2, 0.25) is 0 Å². The largest absolute Gasteiger partial charge is 0.362 e. The lowest BCUT2D eigenvalue weighted by Crippen LogP contribution is -2.51. The summed E-state index contributed by atoms with van der Waals surface area (Å²) in [5.74, 6) is 0.566. The molecule has 0 unspecified atom stereocenters. The first kappa shape index (κ1) is 9.65. The smallest absolute Gasteiger partial charge is 0.0936 e. The van der Waals surface area contributed by atoms with Gasteiger partial charge in [-0.2, -0.15) is 0 Å². The monoisotopic (exact) mass is 204 g/mol. The minimum absolute atomic E-state index is 0.0372. The maximum absolute atomic E-state index is 6.30. The average Bonchev–Trinajstić information content (AvgIpc) is 2.60. The zero-order valence-corrected chi connectivity index (χ0v) is 9.75. The lowest BCUT2D eigenvalue weighted by molar-refractivity contribution is -0.134. The van der Waals surface area contributed by atoms with E-state index in [9.17, 15) is 0 Å². The zero-order chi connectivity index (χ0) is 10.7. The second-order valence-corrected chi connectivity index (χ2v) is 5.90.